The third-order valence-electron chi connectivity index (χ3n) is 4.47. The summed E-state index contributed by atoms with van der Waals surface area (Å²) >= 11 is 0. The molecule has 1 amide bonds. The Balaban J connectivity index is 1.51. The minimum absolute atomic E-state index is 0.0694. The van der Waals surface area contributed by atoms with E-state index in [0.717, 1.165) is 25.9 Å². The second-order valence-corrected chi connectivity index (χ2v) is 7.99. The highest BCUT2D eigenvalue weighted by Gasteiger charge is 2.28. The maximum atomic E-state index is 12.3. The number of sulfone groups is 1. The number of allylic oxidation sites excluding steroid dienone is 1. The van der Waals surface area contributed by atoms with Gasteiger partial charge in [0.05, 0.1) is 5.75 Å². The van der Waals surface area contributed by atoms with Gasteiger partial charge in [-0.3, -0.25) is 9.78 Å². The number of nitrogens with zero attached hydrogens (tertiary/aromatic N) is 2. The number of pyridine rings is 1. The molecule has 1 aromatic rings. The molecule has 5 nitrogen and oxygen atoms in total. The van der Waals surface area contributed by atoms with Gasteiger partial charge in [-0.2, -0.15) is 0 Å². The molecule has 0 saturated carbocycles. The van der Waals surface area contributed by atoms with Gasteiger partial charge in [-0.15, -0.1) is 0 Å². The minimum Gasteiger partial charge on any atom is -0.343 e. The number of piperidine rings is 1. The topological polar surface area (TPSA) is 67.3 Å². The molecule has 6 heteroatoms. The van der Waals surface area contributed by atoms with Crippen LogP contribution in [0.25, 0.3) is 0 Å². The van der Waals surface area contributed by atoms with Gasteiger partial charge in [0.1, 0.15) is 0 Å². The molecule has 3 rings (SSSR count). The number of hydrogen-bond acceptors (Lipinski definition) is 4. The van der Waals surface area contributed by atoms with Gasteiger partial charge in [-0.25, -0.2) is 8.42 Å². The van der Waals surface area contributed by atoms with Crippen molar-refractivity contribution in [1.82, 2.24) is 9.88 Å². The number of aromatic nitrogens is 1. The third kappa shape index (κ3) is 3.55. The van der Waals surface area contributed by atoms with Crippen molar-refractivity contribution in [2.45, 2.75) is 25.2 Å². The summed E-state index contributed by atoms with van der Waals surface area (Å²) in [4.78, 5) is 18.2. The first-order valence-corrected chi connectivity index (χ1v) is 9.34. The fourth-order valence-corrected chi connectivity index (χ4v) is 4.62. The van der Waals surface area contributed by atoms with Crippen LogP contribution < -0.4 is 0 Å². The second-order valence-electron chi connectivity index (χ2n) is 6.06. The number of likely N-dealkylation sites (tertiary alicyclic amines) is 1. The predicted molar refractivity (Wildman–Crippen MR) is 83.8 cm³/mol. The minimum atomic E-state index is -3.07. The number of carbonyl (C=O) groups excluding carboxylic acids is 1. The van der Waals surface area contributed by atoms with Crippen LogP contribution in [0.3, 0.4) is 0 Å². The highest BCUT2D eigenvalue weighted by molar-refractivity contribution is 7.94. The molecule has 1 saturated heterocycles. The molecule has 1 fully saturated rings. The Morgan fingerprint density at radius 2 is 1.91 bits per heavy atom. The van der Waals surface area contributed by atoms with E-state index >= 15 is 0 Å². The van der Waals surface area contributed by atoms with Crippen LogP contribution in [0.15, 0.2) is 36.0 Å². The molecule has 2 aliphatic rings. The van der Waals surface area contributed by atoms with E-state index in [0.29, 0.717) is 12.3 Å². The predicted octanol–water partition coefficient (Wildman–Crippen LogP) is 1.74. The van der Waals surface area contributed by atoms with Gasteiger partial charge in [-0.1, -0.05) is 6.08 Å². The zero-order valence-corrected chi connectivity index (χ0v) is 13.2. The van der Waals surface area contributed by atoms with E-state index in [1.165, 1.54) is 11.0 Å². The maximum Gasteiger partial charge on any atom is 0.223 e. The average molecular weight is 320 g/mol. The highest BCUT2D eigenvalue weighted by Crippen LogP contribution is 2.28. The average Bonchev–Trinajstić information content (AvgIpc) is 2.87. The van der Waals surface area contributed by atoms with Crippen molar-refractivity contribution in [2.75, 3.05) is 18.8 Å². The summed E-state index contributed by atoms with van der Waals surface area (Å²) < 4.78 is 22.8. The van der Waals surface area contributed by atoms with Crippen LogP contribution in [0.4, 0.5) is 0 Å². The summed E-state index contributed by atoms with van der Waals surface area (Å²) in [6.45, 7) is 1.49. The Bertz CT molecular complexity index is 662. The number of carbonyl (C=O) groups is 1. The molecule has 22 heavy (non-hydrogen) atoms. The summed E-state index contributed by atoms with van der Waals surface area (Å²) in [6.07, 6.45) is 7.47. The largest absolute Gasteiger partial charge is 0.343 e. The molecular weight excluding hydrogens is 300 g/mol. The first-order valence-electron chi connectivity index (χ1n) is 7.62. The van der Waals surface area contributed by atoms with Crippen LogP contribution in [-0.4, -0.2) is 43.1 Å². The Hall–Kier alpha value is -1.69. The van der Waals surface area contributed by atoms with E-state index in [1.807, 2.05) is 17.0 Å². The molecule has 1 unspecified atom stereocenters. The normalized spacial score (nSPS) is 24.5. The van der Waals surface area contributed by atoms with Crippen LogP contribution in [-0.2, 0) is 14.6 Å². The first kappa shape index (κ1) is 15.2. The molecule has 0 aliphatic carbocycles. The molecule has 118 valence electrons. The summed E-state index contributed by atoms with van der Waals surface area (Å²) in [6, 6.07) is 4.08. The lowest BCUT2D eigenvalue weighted by Gasteiger charge is -2.32. The van der Waals surface area contributed by atoms with Crippen molar-refractivity contribution >= 4 is 15.7 Å². The van der Waals surface area contributed by atoms with Crippen molar-refractivity contribution in [3.05, 3.63) is 41.6 Å². The standard InChI is InChI=1S/C16H20N2O3S/c19-16(11-13-5-10-22(20,21)12-13)18-8-3-15(4-9-18)14-1-6-17-7-2-14/h1-2,5-7,10,13,15H,3-4,8-9,11-12H2. The van der Waals surface area contributed by atoms with Crippen LogP contribution in [0.1, 0.15) is 30.7 Å². The zero-order valence-electron chi connectivity index (χ0n) is 12.4. The lowest BCUT2D eigenvalue weighted by molar-refractivity contribution is -0.132. The van der Waals surface area contributed by atoms with Gasteiger partial charge in [0, 0.05) is 43.2 Å². The molecular formula is C16H20N2O3S. The zero-order chi connectivity index (χ0) is 15.6. The Kier molecular flexibility index (Phi) is 4.29. The van der Waals surface area contributed by atoms with Crippen molar-refractivity contribution < 1.29 is 13.2 Å². The van der Waals surface area contributed by atoms with Gasteiger partial charge in [0.15, 0.2) is 9.84 Å². The Morgan fingerprint density at radius 1 is 1.23 bits per heavy atom. The van der Waals surface area contributed by atoms with Crippen molar-refractivity contribution in [1.29, 1.82) is 0 Å². The van der Waals surface area contributed by atoms with Gasteiger partial charge < -0.3 is 4.90 Å². The molecule has 3 heterocycles. The summed E-state index contributed by atoms with van der Waals surface area (Å²) in [7, 11) is -3.07. The third-order valence-corrected chi connectivity index (χ3v) is 5.93. The fraction of sp³-hybridized carbons (Fsp3) is 0.500. The second kappa shape index (κ2) is 6.20. The summed E-state index contributed by atoms with van der Waals surface area (Å²) in [5.74, 6) is 0.473. The molecule has 1 atom stereocenters. The van der Waals surface area contributed by atoms with E-state index in [2.05, 4.69) is 4.98 Å². The van der Waals surface area contributed by atoms with Gasteiger partial charge in [0.25, 0.3) is 0 Å². The molecule has 1 aromatic heterocycles. The number of amides is 1. The van der Waals surface area contributed by atoms with Crippen LogP contribution >= 0.6 is 0 Å². The molecule has 0 spiro atoms. The molecule has 2 aliphatic heterocycles. The Labute approximate surface area is 131 Å². The van der Waals surface area contributed by atoms with Crippen LogP contribution in [0, 0.1) is 5.92 Å². The molecule has 0 bridgehead atoms. The van der Waals surface area contributed by atoms with E-state index in [4.69, 9.17) is 0 Å². The van der Waals surface area contributed by atoms with Crippen molar-refractivity contribution in [3.8, 4) is 0 Å². The highest BCUT2D eigenvalue weighted by atomic mass is 32.2. The SMILES string of the molecule is O=C(CC1C=CS(=O)(=O)C1)N1CCC(c2ccncc2)CC1. The lowest BCUT2D eigenvalue weighted by atomic mass is 9.90. The van der Waals surface area contributed by atoms with E-state index in [1.54, 1.807) is 18.5 Å². The Morgan fingerprint density at radius 3 is 2.50 bits per heavy atom. The molecule has 0 aromatic carbocycles. The molecule has 0 radical (unpaired) electrons. The van der Waals surface area contributed by atoms with Gasteiger partial charge >= 0.3 is 0 Å². The number of rotatable bonds is 3. The van der Waals surface area contributed by atoms with E-state index in [9.17, 15) is 13.2 Å². The van der Waals surface area contributed by atoms with Gasteiger partial charge in [-0.05, 0) is 36.5 Å². The summed E-state index contributed by atoms with van der Waals surface area (Å²) in [5, 5.41) is 1.24. The summed E-state index contributed by atoms with van der Waals surface area (Å²) in [5.41, 5.74) is 1.28. The maximum absolute atomic E-state index is 12.3. The van der Waals surface area contributed by atoms with Crippen molar-refractivity contribution in [3.63, 3.8) is 0 Å². The van der Waals surface area contributed by atoms with Crippen LogP contribution in [0.2, 0.25) is 0 Å². The van der Waals surface area contributed by atoms with E-state index < -0.39 is 9.84 Å². The fourth-order valence-electron chi connectivity index (χ4n) is 3.22. The van der Waals surface area contributed by atoms with Crippen molar-refractivity contribution in [2.24, 2.45) is 5.92 Å². The van der Waals surface area contributed by atoms with E-state index in [-0.39, 0.29) is 17.6 Å². The quantitative estimate of drug-likeness (QED) is 0.851. The number of hydrogen-bond donors (Lipinski definition) is 0. The monoisotopic (exact) mass is 320 g/mol. The first-order chi connectivity index (χ1) is 10.5. The smallest absolute Gasteiger partial charge is 0.223 e. The van der Waals surface area contributed by atoms with Gasteiger partial charge in [0.2, 0.25) is 5.91 Å². The van der Waals surface area contributed by atoms with Crippen LogP contribution in [0.5, 0.6) is 0 Å². The lowest BCUT2D eigenvalue weighted by Crippen LogP contribution is -2.38. The molecule has 0 N–H and O–H groups in total.